The van der Waals surface area contributed by atoms with E-state index < -0.39 is 55.8 Å². The van der Waals surface area contributed by atoms with Crippen LogP contribution in [0.3, 0.4) is 0 Å². The molecule has 0 aliphatic carbocycles. The topological polar surface area (TPSA) is 185 Å². The normalized spacial score (nSPS) is 21.0. The van der Waals surface area contributed by atoms with E-state index in [1.54, 1.807) is 60.8 Å². The third-order valence-corrected chi connectivity index (χ3v) is 14.6. The van der Waals surface area contributed by atoms with Gasteiger partial charge in [-0.25, -0.2) is 18.5 Å². The number of aromatic nitrogens is 3. The SMILES string of the molecule is CCCCCCCCCCCCCCCCCCOC[C@H](CCP(=O)(OC[C@@]1(C#N)O[C@@H](c2ccc3c(N)ncnn23)[C@@H]2OC(C)(C)O[C@@H]21)Oc1ccccc1Cl)OCc1cc(F)cc(C#N)c1. The number of benzene rings is 2. The fourth-order valence-corrected chi connectivity index (χ4v) is 10.8. The molecule has 370 valence electrons. The van der Waals surface area contributed by atoms with Gasteiger partial charge in [0.05, 0.1) is 47.8 Å². The van der Waals surface area contributed by atoms with Crippen LogP contribution in [0, 0.1) is 28.5 Å². The molecule has 2 aliphatic rings. The molecule has 0 amide bonds. The van der Waals surface area contributed by atoms with Gasteiger partial charge in [0, 0.05) is 6.61 Å². The Morgan fingerprint density at radius 2 is 1.59 bits per heavy atom. The molecule has 0 saturated carbocycles. The molecule has 4 aromatic rings. The van der Waals surface area contributed by atoms with Gasteiger partial charge in [-0.2, -0.15) is 15.6 Å². The van der Waals surface area contributed by atoms with Crippen LogP contribution in [-0.2, 0) is 39.4 Å². The van der Waals surface area contributed by atoms with Crippen molar-refractivity contribution in [1.29, 1.82) is 10.5 Å². The maximum Gasteiger partial charge on any atom is 0.379 e. The first-order valence-corrected chi connectivity index (χ1v) is 26.6. The molecule has 17 heteroatoms. The molecule has 68 heavy (non-hydrogen) atoms. The highest BCUT2D eigenvalue weighted by molar-refractivity contribution is 7.54. The molecule has 14 nitrogen and oxygen atoms in total. The van der Waals surface area contributed by atoms with E-state index in [1.165, 1.54) is 95.9 Å². The molecule has 0 radical (unpaired) electrons. The number of para-hydroxylation sites is 1. The molecule has 1 unspecified atom stereocenters. The van der Waals surface area contributed by atoms with E-state index in [4.69, 9.17) is 50.1 Å². The van der Waals surface area contributed by atoms with Gasteiger partial charge in [0.1, 0.15) is 54.4 Å². The standard InChI is InChI=1S/C51H69ClFN6O8P/c1-4-5-6-7-8-9-10-11-12-13-14-15-16-17-18-21-27-61-34-41(62-33-39-29-38(32-54)30-40(53)31-39)26-28-68(60,67-45-23-20-19-22-42(45)52)63-36-51(35-55)48-47(64-50(2,3)66-48)46(65-51)43-24-25-44-49(56)57-37-58-59(43)44/h19-20,22-25,29-31,37,41,46-48H,4-18,21,26-28,33-34,36H2,1-3H3,(H2,56,57,58)/t41-,46-,47-,48-,51+,68?/m0/s1. The number of nitrogens with zero attached hydrogens (tertiary/aromatic N) is 5. The smallest absolute Gasteiger partial charge is 0.379 e. The lowest BCUT2D eigenvalue weighted by Gasteiger charge is -2.30. The average molecular weight is 980 g/mol. The fraction of sp³-hybridized carbons (Fsp3) is 0.608. The number of anilines is 1. The molecule has 2 fully saturated rings. The number of halogens is 2. The molecule has 2 aliphatic heterocycles. The molecular formula is C51H69ClFN6O8P. The Morgan fingerprint density at radius 3 is 2.25 bits per heavy atom. The van der Waals surface area contributed by atoms with Gasteiger partial charge in [-0.05, 0) is 74.7 Å². The first-order chi connectivity index (χ1) is 32.9. The van der Waals surface area contributed by atoms with Crippen LogP contribution < -0.4 is 10.3 Å². The maximum absolute atomic E-state index is 15.1. The van der Waals surface area contributed by atoms with E-state index in [0.717, 1.165) is 25.3 Å². The molecule has 0 bridgehead atoms. The Hall–Kier alpha value is -4.15. The summed E-state index contributed by atoms with van der Waals surface area (Å²) in [4.78, 5) is 4.08. The number of unbranched alkanes of at least 4 members (excludes halogenated alkanes) is 15. The zero-order chi connectivity index (χ0) is 48.4. The molecule has 2 saturated heterocycles. The number of nitrogen functional groups attached to an aromatic ring is 1. The van der Waals surface area contributed by atoms with Crippen LogP contribution in [0.4, 0.5) is 10.2 Å². The molecule has 2 N–H and O–H groups in total. The fourth-order valence-electron chi connectivity index (χ4n) is 8.88. The van der Waals surface area contributed by atoms with Crippen LogP contribution in [0.1, 0.15) is 153 Å². The summed E-state index contributed by atoms with van der Waals surface area (Å²) in [6.45, 7) is 5.80. The minimum absolute atomic E-state index is 0.0377. The Balaban J connectivity index is 1.07. The zero-order valence-electron chi connectivity index (χ0n) is 39.9. The second kappa shape index (κ2) is 26.2. The first-order valence-electron chi connectivity index (χ1n) is 24.5. The number of hydrogen-bond acceptors (Lipinski definition) is 13. The third-order valence-electron chi connectivity index (χ3n) is 12.5. The van der Waals surface area contributed by atoms with Crippen LogP contribution in [0.2, 0.25) is 5.02 Å². The summed E-state index contributed by atoms with van der Waals surface area (Å²) >= 11 is 6.52. The van der Waals surface area contributed by atoms with Crippen LogP contribution in [-0.4, -0.2) is 70.3 Å². The van der Waals surface area contributed by atoms with Gasteiger partial charge in [-0.3, -0.25) is 4.52 Å². The predicted octanol–water partition coefficient (Wildman–Crippen LogP) is 12.4. The second-order valence-corrected chi connectivity index (χ2v) is 21.0. The molecule has 6 atom stereocenters. The highest BCUT2D eigenvalue weighted by Crippen LogP contribution is 2.55. The number of ether oxygens (including phenoxy) is 5. The number of rotatable bonds is 31. The van der Waals surface area contributed by atoms with E-state index in [9.17, 15) is 14.9 Å². The summed E-state index contributed by atoms with van der Waals surface area (Å²) in [5.41, 5.74) is 6.01. The highest BCUT2D eigenvalue weighted by atomic mass is 35.5. The van der Waals surface area contributed by atoms with Crippen LogP contribution >= 0.6 is 19.2 Å². The van der Waals surface area contributed by atoms with Gasteiger partial charge in [-0.1, -0.05) is 127 Å². The summed E-state index contributed by atoms with van der Waals surface area (Å²) in [7, 11) is -4.21. The Morgan fingerprint density at radius 1 is 0.912 bits per heavy atom. The lowest BCUT2D eigenvalue weighted by Crippen LogP contribution is -2.46. The van der Waals surface area contributed by atoms with Gasteiger partial charge < -0.3 is 33.9 Å². The van der Waals surface area contributed by atoms with Crippen molar-refractivity contribution in [2.24, 2.45) is 0 Å². The van der Waals surface area contributed by atoms with Crippen molar-refractivity contribution in [3.63, 3.8) is 0 Å². The summed E-state index contributed by atoms with van der Waals surface area (Å²) in [6.07, 6.45) is 18.2. The predicted molar refractivity (Wildman–Crippen MR) is 259 cm³/mol. The maximum atomic E-state index is 15.1. The lowest BCUT2D eigenvalue weighted by molar-refractivity contribution is -0.204. The summed E-state index contributed by atoms with van der Waals surface area (Å²) in [5, 5.41) is 24.9. The van der Waals surface area contributed by atoms with Crippen molar-refractivity contribution >= 4 is 30.5 Å². The van der Waals surface area contributed by atoms with Gasteiger partial charge in [-0.15, -0.1) is 0 Å². The Labute approximate surface area is 406 Å². The monoisotopic (exact) mass is 978 g/mol. The highest BCUT2D eigenvalue weighted by Gasteiger charge is 2.65. The van der Waals surface area contributed by atoms with Crippen LogP contribution in [0.5, 0.6) is 5.75 Å². The number of nitriles is 2. The number of fused-ring (bicyclic) bond motifs is 2. The number of hydrogen-bond donors (Lipinski definition) is 1. The molecule has 2 aromatic carbocycles. The Bertz CT molecular complexity index is 2340. The summed E-state index contributed by atoms with van der Waals surface area (Å²) in [5.74, 6) is -1.29. The van der Waals surface area contributed by atoms with Crippen LogP contribution in [0.25, 0.3) is 5.52 Å². The van der Waals surface area contributed by atoms with Crippen molar-refractivity contribution in [1.82, 2.24) is 14.6 Å². The third kappa shape index (κ3) is 15.2. The summed E-state index contributed by atoms with van der Waals surface area (Å²) in [6, 6.07) is 18.4. The van der Waals surface area contributed by atoms with Gasteiger partial charge in [0.2, 0.25) is 5.60 Å². The largest absolute Gasteiger partial charge is 0.423 e. The van der Waals surface area contributed by atoms with Gasteiger partial charge in [0.25, 0.3) is 0 Å². The molecular weight excluding hydrogens is 910 g/mol. The number of nitrogens with two attached hydrogens (primary N) is 1. The quantitative estimate of drug-likeness (QED) is 0.0371. The molecule has 4 heterocycles. The Kier molecular flexibility index (Phi) is 20.5. The minimum Gasteiger partial charge on any atom is -0.423 e. The second-order valence-electron chi connectivity index (χ2n) is 18.5. The molecule has 6 rings (SSSR count). The van der Waals surface area contributed by atoms with E-state index in [2.05, 4.69) is 23.1 Å². The van der Waals surface area contributed by atoms with E-state index >= 15 is 4.57 Å². The van der Waals surface area contributed by atoms with Crippen molar-refractivity contribution < 1.29 is 41.7 Å². The van der Waals surface area contributed by atoms with Crippen LogP contribution in [0.15, 0.2) is 60.9 Å². The lowest BCUT2D eigenvalue weighted by atomic mass is 9.96. The van der Waals surface area contributed by atoms with Crippen molar-refractivity contribution in [2.45, 2.75) is 172 Å². The molecule has 2 aromatic heterocycles. The van der Waals surface area contributed by atoms with Crippen molar-refractivity contribution in [3.05, 3.63) is 88.6 Å². The van der Waals surface area contributed by atoms with Crippen molar-refractivity contribution in [2.75, 3.05) is 31.7 Å². The van der Waals surface area contributed by atoms with Crippen molar-refractivity contribution in [3.8, 4) is 17.9 Å². The first kappa shape index (κ1) is 53.2. The van der Waals surface area contributed by atoms with E-state index in [0.29, 0.717) is 23.4 Å². The van der Waals surface area contributed by atoms with Gasteiger partial charge >= 0.3 is 7.60 Å². The zero-order valence-corrected chi connectivity index (χ0v) is 41.6. The average Bonchev–Trinajstić information content (AvgIpc) is 3.99. The van der Waals surface area contributed by atoms with E-state index in [1.807, 2.05) is 6.07 Å². The summed E-state index contributed by atoms with van der Waals surface area (Å²) < 4.78 is 75.1. The minimum atomic E-state index is -4.21. The molecule has 0 spiro atoms. The van der Waals surface area contributed by atoms with Gasteiger partial charge in [0.15, 0.2) is 11.6 Å². The van der Waals surface area contributed by atoms with E-state index in [-0.39, 0.29) is 47.9 Å².